The minimum Gasteiger partial charge on any atom is -0.466 e. The average Bonchev–Trinajstić information content (AvgIpc) is 2.50. The minimum atomic E-state index is -0.430. The number of rotatable bonds is 3. The highest BCUT2D eigenvalue weighted by atomic mass is 16.5. The molecule has 1 aliphatic heterocycles. The number of hydrogen-bond donors (Lipinski definition) is 1. The highest BCUT2D eigenvalue weighted by molar-refractivity contribution is 5.86. The van der Waals surface area contributed by atoms with Crippen LogP contribution in [0.1, 0.15) is 27.2 Å². The number of ether oxygens (including phenoxy) is 2. The molecular weight excluding hydrogens is 208 g/mol. The maximum atomic E-state index is 11.1. The Bertz CT molecular complexity index is 332. The summed E-state index contributed by atoms with van der Waals surface area (Å²) in [6.07, 6.45) is 2.28. The number of nitrogens with one attached hydrogen (secondary N) is 1. The Labute approximate surface area is 95.5 Å². The van der Waals surface area contributed by atoms with E-state index in [0.717, 1.165) is 6.42 Å². The van der Waals surface area contributed by atoms with Gasteiger partial charge in [0.1, 0.15) is 5.76 Å². The van der Waals surface area contributed by atoms with Crippen LogP contribution in [0.3, 0.4) is 0 Å². The lowest BCUT2D eigenvalue weighted by Crippen LogP contribution is -2.36. The summed E-state index contributed by atoms with van der Waals surface area (Å²) in [6.45, 7) is 6.56. The highest BCUT2D eigenvalue weighted by Gasteiger charge is 2.35. The molecule has 16 heavy (non-hydrogen) atoms. The summed E-state index contributed by atoms with van der Waals surface area (Å²) in [5.41, 5.74) is -0.430. The molecule has 90 valence electrons. The third-order valence-corrected chi connectivity index (χ3v) is 2.17. The van der Waals surface area contributed by atoms with Crippen LogP contribution in [0, 0.1) is 0 Å². The van der Waals surface area contributed by atoms with Gasteiger partial charge in [0.2, 0.25) is 0 Å². The predicted molar refractivity (Wildman–Crippen MR) is 61.0 cm³/mol. The fourth-order valence-corrected chi connectivity index (χ4v) is 1.25. The zero-order chi connectivity index (χ0) is 12.2. The molecule has 0 atom stereocenters. The summed E-state index contributed by atoms with van der Waals surface area (Å²) in [7, 11) is 1.33. The second-order valence-corrected chi connectivity index (χ2v) is 4.07. The van der Waals surface area contributed by atoms with E-state index >= 15 is 0 Å². The van der Waals surface area contributed by atoms with Crippen molar-refractivity contribution < 1.29 is 14.3 Å². The first kappa shape index (κ1) is 12.5. The van der Waals surface area contributed by atoms with Crippen LogP contribution in [-0.2, 0) is 14.3 Å². The minimum absolute atomic E-state index is 0.429. The average molecular weight is 226 g/mol. The molecule has 0 aromatic rings. The first-order chi connectivity index (χ1) is 7.49. The van der Waals surface area contributed by atoms with Crippen molar-refractivity contribution in [2.75, 3.05) is 13.7 Å². The van der Waals surface area contributed by atoms with E-state index in [2.05, 4.69) is 15.0 Å². The third kappa shape index (κ3) is 2.98. The molecule has 0 unspecified atom stereocenters. The molecule has 0 aliphatic carbocycles. The second-order valence-electron chi connectivity index (χ2n) is 4.07. The highest BCUT2D eigenvalue weighted by Crippen LogP contribution is 2.23. The van der Waals surface area contributed by atoms with E-state index in [1.807, 2.05) is 20.8 Å². The Balaban J connectivity index is 2.81. The van der Waals surface area contributed by atoms with Gasteiger partial charge >= 0.3 is 5.97 Å². The quantitative estimate of drug-likeness (QED) is 0.580. The predicted octanol–water partition coefficient (Wildman–Crippen LogP) is 1.21. The van der Waals surface area contributed by atoms with Gasteiger partial charge in [-0.15, -0.1) is 0 Å². The smallest absolute Gasteiger partial charge is 0.333 e. The van der Waals surface area contributed by atoms with E-state index in [4.69, 9.17) is 4.74 Å². The molecule has 1 aliphatic rings. The molecule has 0 amide bonds. The largest absolute Gasteiger partial charge is 0.466 e. The van der Waals surface area contributed by atoms with Crippen molar-refractivity contribution in [2.45, 2.75) is 32.7 Å². The summed E-state index contributed by atoms with van der Waals surface area (Å²) in [5.74, 6) is 0.0934. The summed E-state index contributed by atoms with van der Waals surface area (Å²) < 4.78 is 10.0. The zero-order valence-electron chi connectivity index (χ0n) is 10.2. The molecule has 1 fully saturated rings. The van der Waals surface area contributed by atoms with E-state index in [9.17, 15) is 4.79 Å². The van der Waals surface area contributed by atoms with Gasteiger partial charge in [0.25, 0.3) is 6.02 Å². The molecule has 1 saturated heterocycles. The molecule has 1 rings (SSSR count). The van der Waals surface area contributed by atoms with Gasteiger partial charge in [-0.2, -0.15) is 0 Å². The van der Waals surface area contributed by atoms with Crippen LogP contribution < -0.4 is 5.32 Å². The Morgan fingerprint density at radius 1 is 1.62 bits per heavy atom. The summed E-state index contributed by atoms with van der Waals surface area (Å²) >= 11 is 0. The van der Waals surface area contributed by atoms with Crippen molar-refractivity contribution in [2.24, 2.45) is 4.99 Å². The van der Waals surface area contributed by atoms with Crippen molar-refractivity contribution in [3.63, 3.8) is 0 Å². The van der Waals surface area contributed by atoms with Crippen LogP contribution in [0.2, 0.25) is 0 Å². The van der Waals surface area contributed by atoms with Crippen molar-refractivity contribution in [1.82, 2.24) is 5.32 Å². The first-order valence-electron chi connectivity index (χ1n) is 5.30. The molecule has 1 N–H and O–H groups in total. The fourth-order valence-electron chi connectivity index (χ4n) is 1.25. The van der Waals surface area contributed by atoms with Crippen molar-refractivity contribution in [3.05, 3.63) is 11.8 Å². The van der Waals surface area contributed by atoms with E-state index in [0.29, 0.717) is 18.3 Å². The molecule has 0 aromatic carbocycles. The summed E-state index contributed by atoms with van der Waals surface area (Å²) in [5, 5.41) is 3.10. The maximum Gasteiger partial charge on any atom is 0.333 e. The lowest BCUT2D eigenvalue weighted by Gasteiger charge is -2.15. The number of nitrogens with zero attached hydrogens (tertiary/aromatic N) is 1. The van der Waals surface area contributed by atoms with E-state index in [1.165, 1.54) is 13.2 Å². The van der Waals surface area contributed by atoms with Crippen LogP contribution in [0.25, 0.3) is 0 Å². The van der Waals surface area contributed by atoms with Crippen LogP contribution >= 0.6 is 0 Å². The van der Waals surface area contributed by atoms with Gasteiger partial charge in [-0.1, -0.05) is 6.92 Å². The van der Waals surface area contributed by atoms with Gasteiger partial charge in [0.05, 0.1) is 18.7 Å². The van der Waals surface area contributed by atoms with Crippen LogP contribution in [0.5, 0.6) is 0 Å². The van der Waals surface area contributed by atoms with E-state index < -0.39 is 11.5 Å². The van der Waals surface area contributed by atoms with Gasteiger partial charge in [-0.05, 0) is 20.3 Å². The zero-order valence-corrected chi connectivity index (χ0v) is 10.2. The molecule has 0 saturated carbocycles. The number of carbonyl (C=O) groups is 1. The summed E-state index contributed by atoms with van der Waals surface area (Å²) in [6, 6.07) is 0.460. The van der Waals surface area contributed by atoms with Crippen LogP contribution in [0.15, 0.2) is 16.8 Å². The molecule has 0 spiro atoms. The number of carbonyl (C=O) groups excluding carboxylic acids is 1. The van der Waals surface area contributed by atoms with Gasteiger partial charge in [0.15, 0.2) is 0 Å². The number of esters is 1. The van der Waals surface area contributed by atoms with E-state index in [-0.39, 0.29) is 0 Å². The van der Waals surface area contributed by atoms with Gasteiger partial charge < -0.3 is 14.8 Å². The Hall–Kier alpha value is -1.52. The molecule has 1 heterocycles. The second kappa shape index (κ2) is 5.01. The van der Waals surface area contributed by atoms with Gasteiger partial charge in [-0.25, -0.2) is 9.79 Å². The van der Waals surface area contributed by atoms with Gasteiger partial charge in [0, 0.05) is 6.54 Å². The number of hydrogen-bond acceptors (Lipinski definition) is 4. The van der Waals surface area contributed by atoms with E-state index in [1.54, 1.807) is 0 Å². The Kier molecular flexibility index (Phi) is 3.93. The number of aliphatic imine (C=N–C) groups is 1. The Morgan fingerprint density at radius 3 is 2.88 bits per heavy atom. The molecule has 0 radical (unpaired) electrons. The third-order valence-electron chi connectivity index (χ3n) is 2.17. The molecule has 5 heteroatoms. The summed E-state index contributed by atoms with van der Waals surface area (Å²) in [4.78, 5) is 15.3. The van der Waals surface area contributed by atoms with Gasteiger partial charge in [-0.3, -0.25) is 0 Å². The SMILES string of the molecule is CCCN=C1NC(C)(C)/C(=C\C(=O)OC)O1. The topological polar surface area (TPSA) is 59.9 Å². The number of amidine groups is 1. The molecule has 5 nitrogen and oxygen atoms in total. The van der Waals surface area contributed by atoms with Crippen molar-refractivity contribution in [3.8, 4) is 0 Å². The fraction of sp³-hybridized carbons (Fsp3) is 0.636. The molecule has 0 aromatic heterocycles. The molecule has 0 bridgehead atoms. The van der Waals surface area contributed by atoms with Crippen molar-refractivity contribution >= 4 is 12.0 Å². The standard InChI is InChI=1S/C11H18N2O3/c1-5-6-12-10-13-11(2,3)8(16-10)7-9(14)15-4/h7H,5-6H2,1-4H3,(H,12,13)/b8-7+. The first-order valence-corrected chi connectivity index (χ1v) is 5.30. The van der Waals surface area contributed by atoms with Crippen LogP contribution in [0.4, 0.5) is 0 Å². The van der Waals surface area contributed by atoms with Crippen LogP contribution in [-0.4, -0.2) is 31.2 Å². The lowest BCUT2D eigenvalue weighted by atomic mass is 10.0. The van der Waals surface area contributed by atoms with Crippen molar-refractivity contribution in [1.29, 1.82) is 0 Å². The number of methoxy groups -OCH3 is 1. The monoisotopic (exact) mass is 226 g/mol. The Morgan fingerprint density at radius 2 is 2.31 bits per heavy atom. The normalized spacial score (nSPS) is 23.0. The maximum absolute atomic E-state index is 11.1. The lowest BCUT2D eigenvalue weighted by molar-refractivity contribution is -0.135. The molecular formula is C11H18N2O3.